The van der Waals surface area contributed by atoms with Crippen molar-refractivity contribution in [1.82, 2.24) is 4.90 Å². The van der Waals surface area contributed by atoms with Crippen molar-refractivity contribution in [3.63, 3.8) is 0 Å². The van der Waals surface area contributed by atoms with Gasteiger partial charge in [-0.3, -0.25) is 0 Å². The Labute approximate surface area is 130 Å². The Morgan fingerprint density at radius 1 is 0.950 bits per heavy atom. The third-order valence-corrected chi connectivity index (χ3v) is 4.05. The Morgan fingerprint density at radius 2 is 1.60 bits per heavy atom. The first-order chi connectivity index (χ1) is 9.42. The van der Waals surface area contributed by atoms with Gasteiger partial charge in [-0.1, -0.05) is 60.3 Å². The number of hydrogen-bond acceptors (Lipinski definition) is 2. The highest BCUT2D eigenvalue weighted by Crippen LogP contribution is 2.24. The molecule has 0 atom stereocenters. The first-order valence-electron chi connectivity index (χ1n) is 6.47. The van der Waals surface area contributed by atoms with E-state index in [1.807, 2.05) is 42.1 Å². The first kappa shape index (κ1) is 14.9. The van der Waals surface area contributed by atoms with Crippen LogP contribution in [0.25, 0.3) is 0 Å². The van der Waals surface area contributed by atoms with Crippen molar-refractivity contribution in [1.29, 1.82) is 0 Å². The molecule has 1 aliphatic heterocycles. The molecule has 0 saturated carbocycles. The molecule has 1 aliphatic rings. The van der Waals surface area contributed by atoms with Gasteiger partial charge < -0.3 is 17.3 Å². The summed E-state index contributed by atoms with van der Waals surface area (Å²) in [5.74, 6) is 1.12. The van der Waals surface area contributed by atoms with Crippen LogP contribution in [0.4, 0.5) is 5.69 Å². The summed E-state index contributed by atoms with van der Waals surface area (Å²) in [6, 6.07) is 20.8. The lowest BCUT2D eigenvalue weighted by molar-refractivity contribution is -0.00000375. The highest BCUT2D eigenvalue weighted by Gasteiger charge is 2.19. The first-order valence-corrected chi connectivity index (χ1v) is 7.46. The number of hydrogen-bond donors (Lipinski definition) is 0. The monoisotopic (exact) mass is 303 g/mol. The normalized spacial score (nSPS) is 16.2. The van der Waals surface area contributed by atoms with Crippen LogP contribution in [0.1, 0.15) is 5.56 Å². The molecule has 0 aromatic heterocycles. The van der Waals surface area contributed by atoms with Crippen LogP contribution in [0, 0.1) is 0 Å². The molecule has 0 bridgehead atoms. The largest absolute Gasteiger partial charge is 1.00 e. The molecule has 2 aromatic carbocycles. The smallest absolute Gasteiger partial charge is 0.164 e. The lowest BCUT2D eigenvalue weighted by Crippen LogP contribution is -3.00. The van der Waals surface area contributed by atoms with Crippen molar-refractivity contribution in [2.45, 2.75) is 6.54 Å². The number of para-hydroxylation sites is 1. The number of aliphatic imine (C=N–C) groups is 1. The second-order valence-electron chi connectivity index (χ2n) is 4.49. The van der Waals surface area contributed by atoms with Gasteiger partial charge >= 0.3 is 0 Å². The Morgan fingerprint density at radius 3 is 2.30 bits per heavy atom. The molecule has 1 fully saturated rings. The van der Waals surface area contributed by atoms with Gasteiger partial charge in [-0.15, -0.1) is 0 Å². The van der Waals surface area contributed by atoms with E-state index in [0.29, 0.717) is 0 Å². The zero-order valence-electron chi connectivity index (χ0n) is 11.1. The summed E-state index contributed by atoms with van der Waals surface area (Å²) in [4.78, 5) is 7.10. The van der Waals surface area contributed by atoms with Crippen LogP contribution in [0.2, 0.25) is 0 Å². The highest BCUT2D eigenvalue weighted by molar-refractivity contribution is 8.14. The number of thioether (sulfide) groups is 1. The summed E-state index contributed by atoms with van der Waals surface area (Å²) in [5, 5.41) is 1.13. The number of amidine groups is 1. The average Bonchev–Trinajstić information content (AvgIpc) is 2.88. The fourth-order valence-corrected chi connectivity index (χ4v) is 3.10. The van der Waals surface area contributed by atoms with Crippen molar-refractivity contribution in [2.24, 2.45) is 4.99 Å². The predicted octanol–water partition coefficient (Wildman–Crippen LogP) is 0.927. The second kappa shape index (κ2) is 7.36. The van der Waals surface area contributed by atoms with E-state index in [1.165, 1.54) is 5.56 Å². The minimum Gasteiger partial charge on any atom is -1.00 e. The van der Waals surface area contributed by atoms with Crippen LogP contribution in [0.3, 0.4) is 0 Å². The van der Waals surface area contributed by atoms with Crippen molar-refractivity contribution < 1.29 is 12.4 Å². The molecule has 2 aromatic rings. The molecule has 0 spiro atoms. The van der Waals surface area contributed by atoms with E-state index < -0.39 is 0 Å². The van der Waals surface area contributed by atoms with Gasteiger partial charge in [0.1, 0.15) is 0 Å². The highest BCUT2D eigenvalue weighted by atomic mass is 35.5. The fraction of sp³-hybridized carbons (Fsp3) is 0.188. The summed E-state index contributed by atoms with van der Waals surface area (Å²) in [6.45, 7) is 2.02. The topological polar surface area (TPSA) is 15.6 Å². The van der Waals surface area contributed by atoms with Crippen molar-refractivity contribution in [3.8, 4) is 0 Å². The molecule has 0 amide bonds. The lowest BCUT2D eigenvalue weighted by atomic mass is 10.2. The van der Waals surface area contributed by atoms with Crippen LogP contribution in [-0.4, -0.2) is 22.4 Å². The van der Waals surface area contributed by atoms with Crippen LogP contribution < -0.4 is 12.4 Å². The molecule has 0 radical (unpaired) electrons. The third-order valence-electron chi connectivity index (χ3n) is 3.06. The summed E-state index contributed by atoms with van der Waals surface area (Å²) in [7, 11) is 0. The molecule has 2 nitrogen and oxygen atoms in total. The summed E-state index contributed by atoms with van der Waals surface area (Å²) < 4.78 is 0. The minimum atomic E-state index is 0. The van der Waals surface area contributed by atoms with Crippen molar-refractivity contribution >= 4 is 22.6 Å². The maximum Gasteiger partial charge on any atom is 0.164 e. The van der Waals surface area contributed by atoms with Crippen LogP contribution >= 0.6 is 11.8 Å². The van der Waals surface area contributed by atoms with Crippen molar-refractivity contribution in [2.75, 3.05) is 12.3 Å². The van der Waals surface area contributed by atoms with Gasteiger partial charge in [-0.25, -0.2) is 4.99 Å². The Hall–Kier alpha value is -1.45. The van der Waals surface area contributed by atoms with Gasteiger partial charge in [0.25, 0.3) is 0 Å². The molecule has 104 valence electrons. The minimum absolute atomic E-state index is 0. The van der Waals surface area contributed by atoms with Gasteiger partial charge in [0.05, 0.1) is 5.69 Å². The standard InChI is InChI=1S/C16H16N2S.ClH/c1-3-7-14(8-4-1)13-18-11-12-19-16(18)17-15-9-5-2-6-10-15;/h1-10H,11-13H2;1H/p-1. The average molecular weight is 304 g/mol. The molecule has 20 heavy (non-hydrogen) atoms. The number of rotatable bonds is 3. The van der Waals surface area contributed by atoms with E-state index >= 15 is 0 Å². The second-order valence-corrected chi connectivity index (χ2v) is 5.55. The quantitative estimate of drug-likeness (QED) is 0.838. The Balaban J connectivity index is 0.00000147. The van der Waals surface area contributed by atoms with Gasteiger partial charge in [-0.05, 0) is 17.7 Å². The zero-order chi connectivity index (χ0) is 12.9. The van der Waals surface area contributed by atoms with Gasteiger partial charge in [-0.2, -0.15) is 0 Å². The fourth-order valence-electron chi connectivity index (χ4n) is 2.10. The lowest BCUT2D eigenvalue weighted by Gasteiger charge is -2.17. The molecule has 0 N–H and O–H groups in total. The predicted molar refractivity (Wildman–Crippen MR) is 82.8 cm³/mol. The third kappa shape index (κ3) is 3.78. The van der Waals surface area contributed by atoms with Gasteiger partial charge in [0, 0.05) is 18.8 Å². The van der Waals surface area contributed by atoms with Gasteiger partial charge in [0.15, 0.2) is 5.17 Å². The van der Waals surface area contributed by atoms with Crippen LogP contribution in [-0.2, 0) is 6.54 Å². The molecule has 4 heteroatoms. The van der Waals surface area contributed by atoms with E-state index in [2.05, 4.69) is 35.2 Å². The van der Waals surface area contributed by atoms with Gasteiger partial charge in [0.2, 0.25) is 0 Å². The number of halogens is 1. The molecule has 3 rings (SSSR count). The Bertz CT molecular complexity index is 557. The maximum absolute atomic E-state index is 4.74. The van der Waals surface area contributed by atoms with E-state index in [9.17, 15) is 0 Å². The number of nitrogens with zero attached hydrogens (tertiary/aromatic N) is 2. The summed E-state index contributed by atoms with van der Waals surface area (Å²) in [5.41, 5.74) is 2.37. The zero-order valence-corrected chi connectivity index (χ0v) is 12.6. The number of benzene rings is 2. The van der Waals surface area contributed by atoms with E-state index in [4.69, 9.17) is 4.99 Å². The Kier molecular flexibility index (Phi) is 5.50. The van der Waals surface area contributed by atoms with Crippen LogP contribution in [0.15, 0.2) is 65.7 Å². The van der Waals surface area contributed by atoms with E-state index in [1.54, 1.807) is 0 Å². The SMILES string of the molecule is [Cl-].c1ccc(CN2CCSC2=Nc2ccccc2)cc1. The maximum atomic E-state index is 4.74. The molecular formula is C16H16ClN2S-. The molecule has 0 unspecified atom stereocenters. The summed E-state index contributed by atoms with van der Waals surface area (Å²) in [6.07, 6.45) is 0. The van der Waals surface area contributed by atoms with E-state index in [0.717, 1.165) is 29.7 Å². The molecular weight excluding hydrogens is 288 g/mol. The molecule has 1 heterocycles. The summed E-state index contributed by atoms with van der Waals surface area (Å²) >= 11 is 1.84. The molecule has 0 aliphatic carbocycles. The molecule has 1 saturated heterocycles. The van der Waals surface area contributed by atoms with E-state index in [-0.39, 0.29) is 12.4 Å². The van der Waals surface area contributed by atoms with Crippen molar-refractivity contribution in [3.05, 3.63) is 66.2 Å². The van der Waals surface area contributed by atoms with Crippen LogP contribution in [0.5, 0.6) is 0 Å².